The van der Waals surface area contributed by atoms with Crippen molar-refractivity contribution in [3.8, 4) is 11.1 Å². The van der Waals surface area contributed by atoms with Crippen molar-refractivity contribution in [2.24, 2.45) is 11.1 Å². The SMILES string of the molecule is NC(=O)c1nn(CC(=O)N2CC(F)CC2C(=O)NC2CN(C3CC3)C(=O)C23CC3)c2ccc(-c3ccnnc3)cc12. The van der Waals surface area contributed by atoms with Crippen LogP contribution in [0.25, 0.3) is 22.0 Å². The van der Waals surface area contributed by atoms with Crippen LogP contribution in [0.1, 0.15) is 42.6 Å². The molecule has 0 bridgehead atoms. The second kappa shape index (κ2) is 9.32. The number of primary amides is 1. The minimum Gasteiger partial charge on any atom is -0.364 e. The zero-order valence-corrected chi connectivity index (χ0v) is 22.2. The maximum absolute atomic E-state index is 14.6. The van der Waals surface area contributed by atoms with Crippen LogP contribution in [0.15, 0.2) is 36.7 Å². The van der Waals surface area contributed by atoms with E-state index in [1.165, 1.54) is 9.58 Å². The van der Waals surface area contributed by atoms with Crippen LogP contribution in [0, 0.1) is 5.41 Å². The molecule has 12 nitrogen and oxygen atoms in total. The van der Waals surface area contributed by atoms with Gasteiger partial charge in [0.25, 0.3) is 5.91 Å². The predicted octanol–water partition coefficient (Wildman–Crippen LogP) is 0.801. The number of fused-ring (bicyclic) bond motifs is 1. The largest absolute Gasteiger partial charge is 0.364 e. The lowest BCUT2D eigenvalue weighted by molar-refractivity contribution is -0.139. The Labute approximate surface area is 234 Å². The third-order valence-electron chi connectivity index (χ3n) is 8.89. The molecular formula is C28H29FN8O4. The van der Waals surface area contributed by atoms with E-state index in [2.05, 4.69) is 20.6 Å². The van der Waals surface area contributed by atoms with Crippen molar-refractivity contribution in [3.63, 3.8) is 0 Å². The van der Waals surface area contributed by atoms with E-state index in [9.17, 15) is 23.6 Å². The number of halogens is 1. The number of benzene rings is 1. The lowest BCUT2D eigenvalue weighted by Gasteiger charge is -2.26. The fourth-order valence-corrected chi connectivity index (χ4v) is 6.39. The molecule has 3 N–H and O–H groups in total. The molecular weight excluding hydrogens is 531 g/mol. The fourth-order valence-electron chi connectivity index (χ4n) is 6.39. The highest BCUT2D eigenvalue weighted by Gasteiger charge is 2.64. The van der Waals surface area contributed by atoms with Crippen LogP contribution in [0.3, 0.4) is 0 Å². The molecule has 3 aromatic rings. The second-order valence-corrected chi connectivity index (χ2v) is 11.5. The lowest BCUT2D eigenvalue weighted by atomic mass is 9.99. The van der Waals surface area contributed by atoms with Crippen LogP contribution in [0.5, 0.6) is 0 Å². The minimum absolute atomic E-state index is 0.00315. The van der Waals surface area contributed by atoms with Gasteiger partial charge in [-0.05, 0) is 49.4 Å². The Morgan fingerprint density at radius 3 is 2.59 bits per heavy atom. The zero-order chi connectivity index (χ0) is 28.5. The standard InChI is InChI=1S/C28H29FN8O4/c29-17-10-21(26(40)33-22-13-35(18-2-3-18)27(41)28(22)6-7-28)36(12-17)23(38)14-37-20-4-1-15(16-5-8-31-32-11-16)9-19(20)24(34-37)25(30)39/h1,4-5,8-9,11,17-18,21-22H,2-3,6-7,10,12-14H2,(H2,30,39)(H,33,40). The molecule has 3 unspecified atom stereocenters. The van der Waals surface area contributed by atoms with E-state index in [0.29, 0.717) is 17.4 Å². The monoisotopic (exact) mass is 560 g/mol. The molecule has 3 atom stereocenters. The van der Waals surface area contributed by atoms with Crippen LogP contribution < -0.4 is 11.1 Å². The Morgan fingerprint density at radius 1 is 1.10 bits per heavy atom. The third kappa shape index (κ3) is 4.30. The maximum Gasteiger partial charge on any atom is 0.269 e. The quantitative estimate of drug-likeness (QED) is 0.433. The van der Waals surface area contributed by atoms with E-state index in [0.717, 1.165) is 36.8 Å². The Kier molecular flexibility index (Phi) is 5.80. The summed E-state index contributed by atoms with van der Waals surface area (Å²) in [6.45, 7) is -0.0691. The molecule has 1 spiro atoms. The number of hydrogen-bond acceptors (Lipinski definition) is 7. The average Bonchev–Trinajstić information content (AvgIpc) is 3.88. The molecule has 41 heavy (non-hydrogen) atoms. The van der Waals surface area contributed by atoms with Gasteiger partial charge in [-0.25, -0.2) is 4.39 Å². The lowest BCUT2D eigenvalue weighted by Crippen LogP contribution is -2.51. The Hall–Kier alpha value is -4.42. The number of nitrogens with one attached hydrogen (secondary N) is 1. The van der Waals surface area contributed by atoms with E-state index in [1.54, 1.807) is 36.7 Å². The Balaban J connectivity index is 1.11. The van der Waals surface area contributed by atoms with E-state index >= 15 is 0 Å². The molecule has 2 saturated heterocycles. The number of carbonyl (C=O) groups is 4. The summed E-state index contributed by atoms with van der Waals surface area (Å²) in [6.07, 6.45) is 5.09. The van der Waals surface area contributed by atoms with Crippen LogP contribution in [-0.2, 0) is 20.9 Å². The van der Waals surface area contributed by atoms with E-state index in [-0.39, 0.29) is 43.2 Å². The summed E-state index contributed by atoms with van der Waals surface area (Å²) in [5, 5.41) is 15.4. The predicted molar refractivity (Wildman–Crippen MR) is 143 cm³/mol. The Bertz CT molecular complexity index is 1580. The summed E-state index contributed by atoms with van der Waals surface area (Å²) in [5.41, 5.74) is 7.08. The first kappa shape index (κ1) is 25.5. The van der Waals surface area contributed by atoms with Crippen molar-refractivity contribution in [1.29, 1.82) is 0 Å². The van der Waals surface area contributed by atoms with E-state index in [4.69, 9.17) is 5.73 Å². The zero-order valence-electron chi connectivity index (χ0n) is 22.2. The summed E-state index contributed by atoms with van der Waals surface area (Å²) in [4.78, 5) is 55.2. The van der Waals surface area contributed by atoms with Crippen LogP contribution >= 0.6 is 0 Å². The van der Waals surface area contributed by atoms with E-state index in [1.807, 2.05) is 4.90 Å². The van der Waals surface area contributed by atoms with Gasteiger partial charge in [0.05, 0.1) is 35.9 Å². The first-order valence-corrected chi connectivity index (χ1v) is 13.9. The number of nitrogens with zero attached hydrogens (tertiary/aromatic N) is 6. The molecule has 7 rings (SSSR count). The molecule has 4 amide bonds. The van der Waals surface area contributed by atoms with Gasteiger partial charge < -0.3 is 20.9 Å². The molecule has 13 heteroatoms. The highest BCUT2D eigenvalue weighted by molar-refractivity contribution is 6.05. The number of nitrogens with two attached hydrogens (primary N) is 1. The second-order valence-electron chi connectivity index (χ2n) is 11.5. The molecule has 2 aromatic heterocycles. The van der Waals surface area contributed by atoms with Crippen molar-refractivity contribution in [3.05, 3.63) is 42.4 Å². The van der Waals surface area contributed by atoms with Gasteiger partial charge in [-0.1, -0.05) is 6.07 Å². The number of alkyl halides is 1. The fraction of sp³-hybridized carbons (Fsp3) is 0.464. The molecule has 2 aliphatic heterocycles. The summed E-state index contributed by atoms with van der Waals surface area (Å²) in [7, 11) is 0. The molecule has 4 aliphatic rings. The molecule has 2 saturated carbocycles. The topological polar surface area (TPSA) is 156 Å². The smallest absolute Gasteiger partial charge is 0.269 e. The van der Waals surface area contributed by atoms with Gasteiger partial charge >= 0.3 is 0 Å². The third-order valence-corrected chi connectivity index (χ3v) is 8.89. The van der Waals surface area contributed by atoms with Gasteiger partial charge in [0.15, 0.2) is 5.69 Å². The van der Waals surface area contributed by atoms with E-state index < -0.39 is 35.4 Å². The minimum atomic E-state index is -1.36. The van der Waals surface area contributed by atoms with Crippen LogP contribution in [0.4, 0.5) is 4.39 Å². The highest BCUT2D eigenvalue weighted by Crippen LogP contribution is 2.55. The van der Waals surface area contributed by atoms with Crippen molar-refractivity contribution in [2.75, 3.05) is 13.1 Å². The number of likely N-dealkylation sites (tertiary alicyclic amines) is 2. The summed E-state index contributed by atoms with van der Waals surface area (Å²) in [6, 6.07) is 5.96. The number of hydrogen-bond donors (Lipinski definition) is 2. The molecule has 1 aromatic carbocycles. The van der Waals surface area contributed by atoms with Gasteiger partial charge in [-0.3, -0.25) is 23.9 Å². The van der Waals surface area contributed by atoms with Gasteiger partial charge in [-0.2, -0.15) is 15.3 Å². The normalized spacial score (nSPS) is 24.8. The molecule has 4 fully saturated rings. The van der Waals surface area contributed by atoms with Crippen molar-refractivity contribution >= 4 is 34.5 Å². The van der Waals surface area contributed by atoms with Crippen molar-refractivity contribution in [1.82, 2.24) is 35.1 Å². The van der Waals surface area contributed by atoms with Crippen LogP contribution in [0.2, 0.25) is 0 Å². The summed E-state index contributed by atoms with van der Waals surface area (Å²) >= 11 is 0. The Morgan fingerprint density at radius 2 is 1.90 bits per heavy atom. The molecule has 0 radical (unpaired) electrons. The van der Waals surface area contributed by atoms with Gasteiger partial charge in [0, 0.05) is 30.0 Å². The van der Waals surface area contributed by atoms with Crippen molar-refractivity contribution in [2.45, 2.75) is 62.9 Å². The first-order valence-electron chi connectivity index (χ1n) is 13.9. The first-order chi connectivity index (χ1) is 19.7. The van der Waals surface area contributed by atoms with Crippen molar-refractivity contribution < 1.29 is 23.6 Å². The van der Waals surface area contributed by atoms with Gasteiger partial charge in [0.1, 0.15) is 18.8 Å². The molecule has 212 valence electrons. The molecule has 2 aliphatic carbocycles. The van der Waals surface area contributed by atoms with Gasteiger partial charge in [-0.15, -0.1) is 0 Å². The van der Waals surface area contributed by atoms with Crippen LogP contribution in [-0.4, -0.2) is 90.8 Å². The number of amides is 4. The molecule has 4 heterocycles. The highest BCUT2D eigenvalue weighted by atomic mass is 19.1. The number of carbonyl (C=O) groups excluding carboxylic acids is 4. The number of rotatable bonds is 7. The number of aromatic nitrogens is 4. The summed E-state index contributed by atoms with van der Waals surface area (Å²) in [5.74, 6) is -1.60. The average molecular weight is 561 g/mol. The van der Waals surface area contributed by atoms with Gasteiger partial charge in [0.2, 0.25) is 17.7 Å². The summed E-state index contributed by atoms with van der Waals surface area (Å²) < 4.78 is 16.0. The maximum atomic E-state index is 14.6.